The van der Waals surface area contributed by atoms with Crippen LogP contribution >= 0.6 is 11.3 Å². The van der Waals surface area contributed by atoms with Crippen molar-refractivity contribution in [3.05, 3.63) is 52.5 Å². The third-order valence-electron chi connectivity index (χ3n) is 2.70. The van der Waals surface area contributed by atoms with Gasteiger partial charge in [0.05, 0.1) is 12.5 Å². The van der Waals surface area contributed by atoms with Crippen LogP contribution in [0.3, 0.4) is 0 Å². The molecule has 2 rings (SSSR count). The number of urea groups is 1. The number of hydrogen-bond donors (Lipinski definition) is 3. The summed E-state index contributed by atoms with van der Waals surface area (Å²) in [6, 6.07) is 8.02. The molecule has 0 aliphatic heterocycles. The molecule has 0 spiro atoms. The number of carbonyl (C=O) groups is 2. The zero-order valence-corrected chi connectivity index (χ0v) is 11.8. The van der Waals surface area contributed by atoms with E-state index in [0.29, 0.717) is 5.69 Å². The molecule has 21 heavy (non-hydrogen) atoms. The van der Waals surface area contributed by atoms with E-state index in [0.717, 1.165) is 4.88 Å². The lowest BCUT2D eigenvalue weighted by atomic mass is 10.1. The third kappa shape index (κ3) is 4.57. The van der Waals surface area contributed by atoms with E-state index in [-0.39, 0.29) is 12.3 Å². The van der Waals surface area contributed by atoms with Crippen molar-refractivity contribution in [3.63, 3.8) is 0 Å². The van der Waals surface area contributed by atoms with Gasteiger partial charge in [0, 0.05) is 10.6 Å². The lowest BCUT2D eigenvalue weighted by Crippen LogP contribution is -2.34. The highest BCUT2D eigenvalue weighted by molar-refractivity contribution is 7.10. The van der Waals surface area contributed by atoms with Gasteiger partial charge in [-0.15, -0.1) is 11.3 Å². The molecule has 7 heteroatoms. The molecule has 0 fully saturated rings. The zero-order chi connectivity index (χ0) is 15.2. The van der Waals surface area contributed by atoms with E-state index in [9.17, 15) is 14.0 Å². The summed E-state index contributed by atoms with van der Waals surface area (Å²) in [5.41, 5.74) is 5.49. The van der Waals surface area contributed by atoms with E-state index in [2.05, 4.69) is 10.6 Å². The Morgan fingerprint density at radius 3 is 2.71 bits per heavy atom. The molecule has 1 unspecified atom stereocenters. The molecule has 0 saturated carbocycles. The van der Waals surface area contributed by atoms with Crippen molar-refractivity contribution < 1.29 is 14.0 Å². The number of amides is 3. The average molecular weight is 307 g/mol. The molecule has 0 bridgehead atoms. The van der Waals surface area contributed by atoms with Crippen molar-refractivity contribution in [2.24, 2.45) is 5.73 Å². The molecular weight excluding hydrogens is 293 g/mol. The minimum atomic E-state index is -0.702. The van der Waals surface area contributed by atoms with Crippen molar-refractivity contribution in [2.45, 2.75) is 12.5 Å². The van der Waals surface area contributed by atoms with Gasteiger partial charge in [0.1, 0.15) is 5.82 Å². The summed E-state index contributed by atoms with van der Waals surface area (Å²) in [6.45, 7) is 0. The molecule has 1 aromatic carbocycles. The molecule has 0 saturated heterocycles. The van der Waals surface area contributed by atoms with E-state index in [1.165, 1.54) is 29.5 Å². The second-order valence-electron chi connectivity index (χ2n) is 4.34. The van der Waals surface area contributed by atoms with Gasteiger partial charge in [0.15, 0.2) is 0 Å². The lowest BCUT2D eigenvalue weighted by Gasteiger charge is -2.15. The van der Waals surface area contributed by atoms with Crippen molar-refractivity contribution in [3.8, 4) is 0 Å². The normalized spacial score (nSPS) is 11.7. The van der Waals surface area contributed by atoms with Crippen molar-refractivity contribution in [1.29, 1.82) is 0 Å². The van der Waals surface area contributed by atoms with Gasteiger partial charge in [-0.1, -0.05) is 12.1 Å². The molecular formula is C14H14FN3O2S. The predicted octanol–water partition coefficient (Wildman–Crippen LogP) is 2.63. The first kappa shape index (κ1) is 15.0. The largest absolute Gasteiger partial charge is 0.352 e. The maximum Gasteiger partial charge on any atom is 0.312 e. The topological polar surface area (TPSA) is 84.2 Å². The van der Waals surface area contributed by atoms with Gasteiger partial charge in [-0.05, 0) is 29.6 Å². The maximum atomic E-state index is 13.1. The second kappa shape index (κ2) is 6.85. The van der Waals surface area contributed by atoms with Gasteiger partial charge in [-0.3, -0.25) is 4.79 Å². The molecule has 3 amide bonds. The van der Waals surface area contributed by atoms with E-state index >= 15 is 0 Å². The summed E-state index contributed by atoms with van der Waals surface area (Å²) < 4.78 is 13.1. The van der Waals surface area contributed by atoms with Crippen LogP contribution in [0.5, 0.6) is 0 Å². The number of thiophene rings is 1. The first-order chi connectivity index (χ1) is 10.0. The summed E-state index contributed by atoms with van der Waals surface area (Å²) in [5, 5.41) is 6.95. The number of carbonyl (C=O) groups excluding carboxylic acids is 2. The fraction of sp³-hybridized carbons (Fsp3) is 0.143. The van der Waals surface area contributed by atoms with Gasteiger partial charge >= 0.3 is 6.03 Å². The smallest absolute Gasteiger partial charge is 0.312 e. The Hall–Kier alpha value is -2.41. The summed E-state index contributed by atoms with van der Waals surface area (Å²) in [4.78, 5) is 23.8. The highest BCUT2D eigenvalue weighted by atomic mass is 32.1. The molecule has 5 nitrogen and oxygen atoms in total. The Morgan fingerprint density at radius 1 is 1.29 bits per heavy atom. The lowest BCUT2D eigenvalue weighted by molar-refractivity contribution is -0.116. The summed E-state index contributed by atoms with van der Waals surface area (Å²) in [7, 11) is 0. The molecule has 110 valence electrons. The average Bonchev–Trinajstić information content (AvgIpc) is 2.91. The number of anilines is 1. The molecule has 1 aromatic heterocycles. The molecule has 0 radical (unpaired) electrons. The number of rotatable bonds is 5. The Kier molecular flexibility index (Phi) is 4.89. The minimum Gasteiger partial charge on any atom is -0.352 e. The predicted molar refractivity (Wildman–Crippen MR) is 79.4 cm³/mol. The van der Waals surface area contributed by atoms with Crippen molar-refractivity contribution in [2.75, 3.05) is 5.32 Å². The number of nitrogens with two attached hydrogens (primary N) is 1. The van der Waals surface area contributed by atoms with Crippen LogP contribution in [-0.4, -0.2) is 11.9 Å². The first-order valence-electron chi connectivity index (χ1n) is 6.19. The summed E-state index contributed by atoms with van der Waals surface area (Å²) in [5.74, 6) is -0.773. The van der Waals surface area contributed by atoms with Crippen molar-refractivity contribution >= 4 is 29.0 Å². The van der Waals surface area contributed by atoms with E-state index in [1.807, 2.05) is 11.4 Å². The Morgan fingerprint density at radius 2 is 2.10 bits per heavy atom. The number of primary amides is 1. The van der Waals surface area contributed by atoms with Crippen LogP contribution in [0, 0.1) is 5.82 Å². The van der Waals surface area contributed by atoms with Crippen LogP contribution in [0.4, 0.5) is 14.9 Å². The molecule has 0 aliphatic carbocycles. The van der Waals surface area contributed by atoms with Crippen LogP contribution < -0.4 is 16.4 Å². The van der Waals surface area contributed by atoms with Gasteiger partial charge in [0.25, 0.3) is 0 Å². The van der Waals surface area contributed by atoms with E-state index in [4.69, 9.17) is 5.73 Å². The van der Waals surface area contributed by atoms with Crippen molar-refractivity contribution in [1.82, 2.24) is 5.32 Å². The number of halogens is 1. The Balaban J connectivity index is 2.02. The van der Waals surface area contributed by atoms with Crippen LogP contribution in [0.1, 0.15) is 17.3 Å². The van der Waals surface area contributed by atoms with E-state index in [1.54, 1.807) is 12.1 Å². The second-order valence-corrected chi connectivity index (χ2v) is 5.32. The van der Waals surface area contributed by atoms with Gasteiger partial charge in [-0.2, -0.15) is 0 Å². The van der Waals surface area contributed by atoms with Gasteiger partial charge in [-0.25, -0.2) is 9.18 Å². The summed E-state index contributed by atoms with van der Waals surface area (Å²) in [6.07, 6.45) is 0.0139. The molecule has 0 aliphatic rings. The standard InChI is InChI=1S/C14H14FN3O2S/c15-9-3-1-4-10(7-9)17-13(19)8-11(18-14(16)20)12-5-2-6-21-12/h1-7,11H,8H2,(H,17,19)(H3,16,18,20). The van der Waals surface area contributed by atoms with Crippen LogP contribution in [0.15, 0.2) is 41.8 Å². The fourth-order valence-corrected chi connectivity index (χ4v) is 2.63. The minimum absolute atomic E-state index is 0.0139. The van der Waals surface area contributed by atoms with Gasteiger partial charge < -0.3 is 16.4 Å². The van der Waals surface area contributed by atoms with Crippen LogP contribution in [0.2, 0.25) is 0 Å². The Bertz CT molecular complexity index is 631. The molecule has 1 heterocycles. The molecule has 4 N–H and O–H groups in total. The van der Waals surface area contributed by atoms with Crippen LogP contribution in [-0.2, 0) is 4.79 Å². The number of benzene rings is 1. The van der Waals surface area contributed by atoms with E-state index < -0.39 is 17.9 Å². The molecule has 1 atom stereocenters. The maximum absolute atomic E-state index is 13.1. The monoisotopic (exact) mass is 307 g/mol. The van der Waals surface area contributed by atoms with Gasteiger partial charge in [0.2, 0.25) is 5.91 Å². The number of nitrogens with one attached hydrogen (secondary N) is 2. The zero-order valence-electron chi connectivity index (χ0n) is 11.0. The first-order valence-corrected chi connectivity index (χ1v) is 7.07. The molecule has 2 aromatic rings. The highest BCUT2D eigenvalue weighted by Gasteiger charge is 2.18. The summed E-state index contributed by atoms with van der Waals surface area (Å²) >= 11 is 1.41. The Labute approximate surface area is 125 Å². The number of hydrogen-bond acceptors (Lipinski definition) is 3. The fourth-order valence-electron chi connectivity index (χ4n) is 1.85. The third-order valence-corrected chi connectivity index (χ3v) is 3.69. The van der Waals surface area contributed by atoms with Crippen LogP contribution in [0.25, 0.3) is 0 Å². The highest BCUT2D eigenvalue weighted by Crippen LogP contribution is 2.22. The SMILES string of the molecule is NC(=O)NC(CC(=O)Nc1cccc(F)c1)c1cccs1. The quantitative estimate of drug-likeness (QED) is 0.793.